The van der Waals surface area contributed by atoms with Gasteiger partial charge in [-0.3, -0.25) is 0 Å². The van der Waals surface area contributed by atoms with Crippen LogP contribution in [0.15, 0.2) is 73.1 Å². The van der Waals surface area contributed by atoms with E-state index in [0.717, 1.165) is 16.7 Å². The second-order valence-corrected chi connectivity index (χ2v) is 6.74. The summed E-state index contributed by atoms with van der Waals surface area (Å²) in [7, 11) is 2.63. The molecule has 2 N–H and O–H groups in total. The fraction of sp³-hybridized carbons (Fsp3) is 0.136. The third-order valence-corrected chi connectivity index (χ3v) is 4.41. The molecule has 1 heterocycles. The van der Waals surface area contributed by atoms with Gasteiger partial charge in [-0.1, -0.05) is 48.6 Å². The fourth-order valence-electron chi connectivity index (χ4n) is 2.82. The van der Waals surface area contributed by atoms with Gasteiger partial charge in [0.2, 0.25) is 0 Å². The highest BCUT2D eigenvalue weighted by molar-refractivity contribution is 6.58. The molecule has 136 valence electrons. The molecule has 0 unspecified atom stereocenters. The van der Waals surface area contributed by atoms with Crippen LogP contribution in [-0.2, 0) is 6.54 Å². The molecule has 0 radical (unpaired) electrons. The summed E-state index contributed by atoms with van der Waals surface area (Å²) in [6, 6.07) is 19.9. The van der Waals surface area contributed by atoms with Crippen molar-refractivity contribution in [1.82, 2.24) is 0 Å². The van der Waals surface area contributed by atoms with Crippen LogP contribution in [0.3, 0.4) is 0 Å². The van der Waals surface area contributed by atoms with E-state index >= 15 is 0 Å². The van der Waals surface area contributed by atoms with Gasteiger partial charge in [-0.15, -0.1) is 0 Å². The molecule has 0 bridgehead atoms. The zero-order valence-electron chi connectivity index (χ0n) is 15.7. The number of pyridine rings is 1. The van der Waals surface area contributed by atoms with Crippen LogP contribution in [0.4, 0.5) is 5.69 Å². The van der Waals surface area contributed by atoms with Crippen molar-refractivity contribution < 1.29 is 14.6 Å². The van der Waals surface area contributed by atoms with Gasteiger partial charge in [-0.05, 0) is 28.7 Å². The molecule has 27 heavy (non-hydrogen) atoms. The first-order chi connectivity index (χ1) is 13.0. The van der Waals surface area contributed by atoms with Crippen molar-refractivity contribution in [3.05, 3.63) is 89.7 Å². The van der Waals surface area contributed by atoms with Crippen molar-refractivity contribution in [3.63, 3.8) is 0 Å². The summed E-state index contributed by atoms with van der Waals surface area (Å²) < 4.78 is 2.06. The highest BCUT2D eigenvalue weighted by atomic mass is 16.4. The molecular weight excluding hydrogens is 335 g/mol. The second kappa shape index (κ2) is 8.67. The molecule has 0 amide bonds. The summed E-state index contributed by atoms with van der Waals surface area (Å²) in [6.07, 6.45) is 8.25. The van der Waals surface area contributed by atoms with E-state index in [0.29, 0.717) is 12.0 Å². The Hall–Kier alpha value is -2.89. The molecule has 5 heteroatoms. The Morgan fingerprint density at radius 2 is 1.52 bits per heavy atom. The molecule has 0 aliphatic rings. The molecule has 3 aromatic rings. The lowest BCUT2D eigenvalue weighted by atomic mass is 9.79. The predicted octanol–water partition coefficient (Wildman–Crippen LogP) is 1.94. The maximum atomic E-state index is 9.28. The Balaban J connectivity index is 1.65. The Bertz CT molecular complexity index is 904. The van der Waals surface area contributed by atoms with E-state index in [2.05, 4.69) is 58.0 Å². The molecule has 0 fully saturated rings. The topological polar surface area (TPSA) is 47.6 Å². The van der Waals surface area contributed by atoms with E-state index in [1.165, 1.54) is 5.69 Å². The van der Waals surface area contributed by atoms with Crippen molar-refractivity contribution in [2.24, 2.45) is 0 Å². The van der Waals surface area contributed by atoms with Gasteiger partial charge in [-0.25, -0.2) is 4.57 Å². The van der Waals surface area contributed by atoms with E-state index in [1.807, 2.05) is 44.7 Å². The van der Waals surface area contributed by atoms with Gasteiger partial charge in [0, 0.05) is 37.5 Å². The average molecular weight is 359 g/mol. The maximum Gasteiger partial charge on any atom is 0.488 e. The van der Waals surface area contributed by atoms with Crippen molar-refractivity contribution in [2.75, 3.05) is 19.0 Å². The lowest BCUT2D eigenvalue weighted by molar-refractivity contribution is -0.688. The van der Waals surface area contributed by atoms with Crippen LogP contribution in [-0.4, -0.2) is 31.3 Å². The van der Waals surface area contributed by atoms with Crippen molar-refractivity contribution in [1.29, 1.82) is 0 Å². The van der Waals surface area contributed by atoms with Crippen LogP contribution in [0.1, 0.15) is 16.7 Å². The van der Waals surface area contributed by atoms with Crippen molar-refractivity contribution in [2.45, 2.75) is 6.54 Å². The van der Waals surface area contributed by atoms with Crippen LogP contribution < -0.4 is 14.9 Å². The van der Waals surface area contributed by atoms with Crippen LogP contribution in [0, 0.1) is 0 Å². The van der Waals surface area contributed by atoms with Gasteiger partial charge >= 0.3 is 7.12 Å². The Labute approximate surface area is 160 Å². The van der Waals surface area contributed by atoms with E-state index in [4.69, 9.17) is 0 Å². The number of hydrogen-bond donors (Lipinski definition) is 2. The summed E-state index contributed by atoms with van der Waals surface area (Å²) in [5.74, 6) is 0. The van der Waals surface area contributed by atoms with Crippen molar-refractivity contribution >= 4 is 30.4 Å². The molecule has 0 spiro atoms. The van der Waals surface area contributed by atoms with Gasteiger partial charge in [0.05, 0.1) is 0 Å². The van der Waals surface area contributed by atoms with E-state index in [9.17, 15) is 10.0 Å². The molecule has 0 aliphatic carbocycles. The van der Waals surface area contributed by atoms with E-state index < -0.39 is 7.12 Å². The van der Waals surface area contributed by atoms with Gasteiger partial charge in [-0.2, -0.15) is 0 Å². The summed E-state index contributed by atoms with van der Waals surface area (Å²) in [5.41, 5.74) is 5.01. The Morgan fingerprint density at radius 3 is 2.11 bits per heavy atom. The van der Waals surface area contributed by atoms with Crippen LogP contribution in [0.5, 0.6) is 0 Å². The van der Waals surface area contributed by atoms with Crippen LogP contribution in [0.25, 0.3) is 12.2 Å². The minimum Gasteiger partial charge on any atom is -0.423 e. The number of aromatic nitrogens is 1. The zero-order valence-corrected chi connectivity index (χ0v) is 15.7. The highest BCUT2D eigenvalue weighted by Gasteiger charge is 2.12. The number of hydrogen-bond acceptors (Lipinski definition) is 3. The first kappa shape index (κ1) is 18.9. The lowest BCUT2D eigenvalue weighted by Gasteiger charge is -2.11. The van der Waals surface area contributed by atoms with Gasteiger partial charge in [0.25, 0.3) is 0 Å². The summed E-state index contributed by atoms with van der Waals surface area (Å²) in [4.78, 5) is 2.08. The SMILES string of the molecule is CN(C)c1ccc(/C=C/c2cc[n+](Cc3cccc(B(O)O)c3)cc2)cc1. The summed E-state index contributed by atoms with van der Waals surface area (Å²) in [5, 5.41) is 18.6. The molecule has 0 saturated heterocycles. The van der Waals surface area contributed by atoms with Crippen molar-refractivity contribution in [3.8, 4) is 0 Å². The number of nitrogens with zero attached hydrogens (tertiary/aromatic N) is 2. The van der Waals surface area contributed by atoms with E-state index in [-0.39, 0.29) is 0 Å². The molecule has 0 saturated carbocycles. The largest absolute Gasteiger partial charge is 0.488 e. The summed E-state index contributed by atoms with van der Waals surface area (Å²) in [6.45, 7) is 0.677. The van der Waals surface area contributed by atoms with Gasteiger partial charge in [0.15, 0.2) is 18.9 Å². The maximum absolute atomic E-state index is 9.28. The quantitative estimate of drug-likeness (QED) is 0.522. The second-order valence-electron chi connectivity index (χ2n) is 6.74. The van der Waals surface area contributed by atoms with Gasteiger partial charge < -0.3 is 14.9 Å². The minimum atomic E-state index is -1.44. The predicted molar refractivity (Wildman–Crippen MR) is 112 cm³/mol. The number of benzene rings is 2. The smallest absolute Gasteiger partial charge is 0.423 e. The minimum absolute atomic E-state index is 0.507. The third-order valence-electron chi connectivity index (χ3n) is 4.41. The highest BCUT2D eigenvalue weighted by Crippen LogP contribution is 2.14. The standard InChI is InChI=1S/C22H24BN2O2/c1-24(2)22-10-8-18(9-11-22)6-7-19-12-14-25(15-13-19)17-20-4-3-5-21(16-20)23(26)27/h3-16,26-27H,17H2,1-2H3/q+1. The fourth-order valence-corrected chi connectivity index (χ4v) is 2.82. The first-order valence-electron chi connectivity index (χ1n) is 8.91. The third kappa shape index (κ3) is 5.30. The van der Waals surface area contributed by atoms with Crippen LogP contribution in [0.2, 0.25) is 0 Å². The molecule has 3 rings (SSSR count). The molecule has 1 aromatic heterocycles. The normalized spacial score (nSPS) is 11.0. The molecular formula is C22H24BN2O2+. The summed E-state index contributed by atoms with van der Waals surface area (Å²) >= 11 is 0. The van der Waals surface area contributed by atoms with Gasteiger partial charge in [0.1, 0.15) is 0 Å². The van der Waals surface area contributed by atoms with E-state index in [1.54, 1.807) is 6.07 Å². The number of rotatable bonds is 6. The first-order valence-corrected chi connectivity index (χ1v) is 8.91. The average Bonchev–Trinajstić information content (AvgIpc) is 2.68. The molecule has 0 atom stereocenters. The zero-order chi connectivity index (χ0) is 19.2. The van der Waals surface area contributed by atoms with Crippen LogP contribution >= 0.6 is 0 Å². The number of anilines is 1. The molecule has 4 nitrogen and oxygen atoms in total. The molecule has 0 aliphatic heterocycles. The Kier molecular flexibility index (Phi) is 6.06. The monoisotopic (exact) mass is 359 g/mol. The lowest BCUT2D eigenvalue weighted by Crippen LogP contribution is -2.35. The Morgan fingerprint density at radius 1 is 0.889 bits per heavy atom. The molecule has 2 aromatic carbocycles.